The largest absolute Gasteiger partial charge is 0.471 e. The van der Waals surface area contributed by atoms with E-state index in [1.54, 1.807) is 5.32 Å². The third kappa shape index (κ3) is 9.02. The van der Waals surface area contributed by atoms with Crippen LogP contribution in [0.3, 0.4) is 0 Å². The van der Waals surface area contributed by atoms with Gasteiger partial charge in [0.1, 0.15) is 0 Å². The fourth-order valence-corrected chi connectivity index (χ4v) is 2.79. The number of pyridine rings is 1. The second-order valence-corrected chi connectivity index (χ2v) is 6.63. The number of nitrogens with one attached hydrogen (secondary N) is 1. The Bertz CT molecular complexity index is 681. The van der Waals surface area contributed by atoms with Crippen LogP contribution in [0.25, 0.3) is 0 Å². The average Bonchev–Trinajstić information content (AvgIpc) is 2.70. The number of alkyl halides is 5. The molecule has 1 rings (SSSR count). The fourth-order valence-electron chi connectivity index (χ4n) is 2.79. The van der Waals surface area contributed by atoms with Gasteiger partial charge in [-0.1, -0.05) is 13.8 Å². The fraction of sp³-hybridized carbons (Fsp3) is 0.632. The molecule has 6 nitrogen and oxygen atoms in total. The minimum absolute atomic E-state index is 0.112. The predicted molar refractivity (Wildman–Crippen MR) is 101 cm³/mol. The molecule has 0 bridgehead atoms. The monoisotopic (exact) mass is 438 g/mol. The maximum Gasteiger partial charge on any atom is 0.471 e. The lowest BCUT2D eigenvalue weighted by Crippen LogP contribution is -2.37. The van der Waals surface area contributed by atoms with Gasteiger partial charge in [0.15, 0.2) is 0 Å². The number of nitrogens with zero attached hydrogens (tertiary/aromatic N) is 3. The summed E-state index contributed by atoms with van der Waals surface area (Å²) < 4.78 is 62.7. The molecule has 2 amide bonds. The van der Waals surface area contributed by atoms with Gasteiger partial charge in [-0.2, -0.15) is 22.0 Å². The highest BCUT2D eigenvalue weighted by Gasteiger charge is 2.38. The lowest BCUT2D eigenvalue weighted by Gasteiger charge is -2.23. The van der Waals surface area contributed by atoms with Gasteiger partial charge in [-0.15, -0.1) is 0 Å². The number of amides is 2. The van der Waals surface area contributed by atoms with Crippen LogP contribution in [0.15, 0.2) is 18.3 Å². The van der Waals surface area contributed by atoms with Crippen molar-refractivity contribution in [3.8, 4) is 0 Å². The number of unbranched alkanes of at least 4 members (excludes halogenated alkanes) is 1. The number of carbonyl (C=O) groups is 2. The SMILES string of the molecule is CCN(CC)CCCCN(Cc1cc(CNC(=O)C(F)(F)F)ccn1)C(=O)C(F)F. The zero-order chi connectivity index (χ0) is 22.7. The Labute approximate surface area is 172 Å². The summed E-state index contributed by atoms with van der Waals surface area (Å²) in [5.74, 6) is -3.40. The molecule has 0 aliphatic carbocycles. The van der Waals surface area contributed by atoms with Crippen molar-refractivity contribution < 1.29 is 31.5 Å². The Hall–Kier alpha value is -2.30. The van der Waals surface area contributed by atoms with Gasteiger partial charge >= 0.3 is 18.5 Å². The summed E-state index contributed by atoms with van der Waals surface area (Å²) in [6.07, 6.45) is -5.62. The van der Waals surface area contributed by atoms with Gasteiger partial charge in [0, 0.05) is 19.3 Å². The number of rotatable bonds is 12. The van der Waals surface area contributed by atoms with Crippen LogP contribution in [-0.4, -0.2) is 65.4 Å². The quantitative estimate of drug-likeness (QED) is 0.403. The molecule has 0 radical (unpaired) electrons. The molecule has 170 valence electrons. The summed E-state index contributed by atoms with van der Waals surface area (Å²) in [6.45, 7) is 6.08. The Kier molecular flexibility index (Phi) is 10.6. The molecule has 0 spiro atoms. The van der Waals surface area contributed by atoms with Crippen LogP contribution < -0.4 is 5.32 Å². The van der Waals surface area contributed by atoms with Crippen molar-refractivity contribution in [2.75, 3.05) is 26.2 Å². The highest BCUT2D eigenvalue weighted by Crippen LogP contribution is 2.15. The normalized spacial score (nSPS) is 11.8. The van der Waals surface area contributed by atoms with E-state index in [0.717, 1.165) is 31.0 Å². The van der Waals surface area contributed by atoms with E-state index in [1.807, 2.05) is 13.8 Å². The van der Waals surface area contributed by atoms with E-state index in [1.165, 1.54) is 18.3 Å². The van der Waals surface area contributed by atoms with Crippen molar-refractivity contribution >= 4 is 11.8 Å². The van der Waals surface area contributed by atoms with E-state index in [-0.39, 0.29) is 18.8 Å². The average molecular weight is 438 g/mol. The molecule has 1 N–H and O–H groups in total. The number of hydrogen-bond acceptors (Lipinski definition) is 4. The molecule has 0 saturated heterocycles. The second-order valence-electron chi connectivity index (χ2n) is 6.63. The van der Waals surface area contributed by atoms with Crippen molar-refractivity contribution in [2.45, 2.75) is 52.4 Å². The van der Waals surface area contributed by atoms with Gasteiger partial charge in [0.25, 0.3) is 5.91 Å². The predicted octanol–water partition coefficient (Wildman–Crippen LogP) is 2.98. The molecular formula is C19H27F5N4O2. The Balaban J connectivity index is 2.72. The van der Waals surface area contributed by atoms with Crippen LogP contribution in [-0.2, 0) is 22.7 Å². The Morgan fingerprint density at radius 1 is 1.13 bits per heavy atom. The molecule has 0 aliphatic rings. The highest BCUT2D eigenvalue weighted by molar-refractivity contribution is 5.81. The van der Waals surface area contributed by atoms with Crippen molar-refractivity contribution in [3.63, 3.8) is 0 Å². The lowest BCUT2D eigenvalue weighted by atomic mass is 10.2. The van der Waals surface area contributed by atoms with Gasteiger partial charge in [0.2, 0.25) is 0 Å². The minimum atomic E-state index is -5.00. The molecule has 0 unspecified atom stereocenters. The Morgan fingerprint density at radius 3 is 2.33 bits per heavy atom. The number of carbonyl (C=O) groups excluding carboxylic acids is 2. The molecule has 0 atom stereocenters. The first-order valence-electron chi connectivity index (χ1n) is 9.66. The molecule has 1 aromatic heterocycles. The van der Waals surface area contributed by atoms with E-state index in [9.17, 15) is 31.5 Å². The van der Waals surface area contributed by atoms with Crippen LogP contribution >= 0.6 is 0 Å². The summed E-state index contributed by atoms with van der Waals surface area (Å²) in [6, 6.07) is 2.77. The first-order valence-corrected chi connectivity index (χ1v) is 9.66. The van der Waals surface area contributed by atoms with Crippen LogP contribution in [0.5, 0.6) is 0 Å². The van der Waals surface area contributed by atoms with Gasteiger partial charge < -0.3 is 15.1 Å². The summed E-state index contributed by atoms with van der Waals surface area (Å²) in [7, 11) is 0. The Morgan fingerprint density at radius 2 is 1.77 bits per heavy atom. The van der Waals surface area contributed by atoms with Gasteiger partial charge in [0.05, 0.1) is 12.2 Å². The standard InChI is InChI=1S/C19H27F5N4O2/c1-3-27(4-2)9-5-6-10-28(17(29)16(20)21)13-15-11-14(7-8-25-15)12-26-18(30)19(22,23)24/h7-8,11,16H,3-6,9-10,12-13H2,1-2H3,(H,26,30). The van der Waals surface area contributed by atoms with Crippen molar-refractivity contribution in [3.05, 3.63) is 29.6 Å². The second kappa shape index (κ2) is 12.4. The van der Waals surface area contributed by atoms with Crippen LogP contribution in [0, 0.1) is 0 Å². The summed E-state index contributed by atoms with van der Waals surface area (Å²) >= 11 is 0. The van der Waals surface area contributed by atoms with E-state index < -0.39 is 31.0 Å². The molecule has 30 heavy (non-hydrogen) atoms. The van der Waals surface area contributed by atoms with E-state index in [2.05, 4.69) is 9.88 Å². The highest BCUT2D eigenvalue weighted by atomic mass is 19.4. The smallest absolute Gasteiger partial charge is 0.344 e. The molecule has 0 fully saturated rings. The van der Waals surface area contributed by atoms with Crippen LogP contribution in [0.1, 0.15) is 37.9 Å². The molecular weight excluding hydrogens is 411 g/mol. The number of hydrogen-bond donors (Lipinski definition) is 1. The first kappa shape index (κ1) is 25.7. The van der Waals surface area contributed by atoms with Crippen molar-refractivity contribution in [1.29, 1.82) is 0 Å². The zero-order valence-electron chi connectivity index (χ0n) is 17.0. The van der Waals surface area contributed by atoms with Gasteiger partial charge in [-0.25, -0.2) is 0 Å². The molecule has 0 aliphatic heterocycles. The number of halogens is 5. The molecule has 0 aromatic carbocycles. The van der Waals surface area contributed by atoms with Crippen LogP contribution in [0.2, 0.25) is 0 Å². The maximum absolute atomic E-state index is 13.0. The van der Waals surface area contributed by atoms with Gasteiger partial charge in [-0.05, 0) is 50.2 Å². The summed E-state index contributed by atoms with van der Waals surface area (Å²) in [5.41, 5.74) is 0.551. The number of aromatic nitrogens is 1. The third-order valence-corrected chi connectivity index (χ3v) is 4.49. The maximum atomic E-state index is 13.0. The molecule has 11 heteroatoms. The first-order chi connectivity index (χ1) is 14.1. The van der Waals surface area contributed by atoms with Gasteiger partial charge in [-0.3, -0.25) is 14.6 Å². The topological polar surface area (TPSA) is 65.5 Å². The van der Waals surface area contributed by atoms with E-state index in [0.29, 0.717) is 12.0 Å². The zero-order valence-corrected chi connectivity index (χ0v) is 17.0. The minimum Gasteiger partial charge on any atom is -0.344 e. The molecule has 0 saturated carbocycles. The van der Waals surface area contributed by atoms with Crippen molar-refractivity contribution in [2.24, 2.45) is 0 Å². The molecule has 1 heterocycles. The van der Waals surface area contributed by atoms with E-state index >= 15 is 0 Å². The summed E-state index contributed by atoms with van der Waals surface area (Å²) in [4.78, 5) is 29.9. The molecule has 1 aromatic rings. The van der Waals surface area contributed by atoms with Crippen LogP contribution in [0.4, 0.5) is 22.0 Å². The van der Waals surface area contributed by atoms with E-state index in [4.69, 9.17) is 0 Å². The summed E-state index contributed by atoms with van der Waals surface area (Å²) in [5, 5.41) is 1.73. The third-order valence-electron chi connectivity index (χ3n) is 4.49. The van der Waals surface area contributed by atoms with Crippen molar-refractivity contribution in [1.82, 2.24) is 20.1 Å². The lowest BCUT2D eigenvalue weighted by molar-refractivity contribution is -0.173.